The van der Waals surface area contributed by atoms with Crippen molar-refractivity contribution in [3.05, 3.63) is 0 Å². The van der Waals surface area contributed by atoms with E-state index in [1.165, 1.54) is 0 Å². The van der Waals surface area contributed by atoms with Crippen LogP contribution in [0.15, 0.2) is 4.36 Å². The second kappa shape index (κ2) is 2.20. The second-order valence-electron chi connectivity index (χ2n) is 3.33. The average Bonchev–Trinajstić information content (AvgIpc) is 2.43. The summed E-state index contributed by atoms with van der Waals surface area (Å²) in [5.74, 6) is 0. The van der Waals surface area contributed by atoms with Gasteiger partial charge in [-0.05, 0) is 12.8 Å². The largest absolute Gasteiger partial charge is 0.324 e. The first-order valence-electron chi connectivity index (χ1n) is 3.33. The molecule has 1 rings (SSSR count). The molecule has 0 atom stereocenters. The Kier molecular flexibility index (Phi) is 1.76. The molecule has 0 aromatic heterocycles. The van der Waals surface area contributed by atoms with Crippen LogP contribution < -0.4 is 5.73 Å². The van der Waals surface area contributed by atoms with Crippen molar-refractivity contribution < 1.29 is 4.21 Å². The Morgan fingerprint density at radius 3 is 2.40 bits per heavy atom. The van der Waals surface area contributed by atoms with Crippen LogP contribution in [0.25, 0.3) is 0 Å². The highest BCUT2D eigenvalue weighted by Gasteiger charge is 2.37. The Morgan fingerprint density at radius 1 is 1.60 bits per heavy atom. The van der Waals surface area contributed by atoms with Gasteiger partial charge in [0.15, 0.2) is 0 Å². The topological polar surface area (TPSA) is 55.5 Å². The van der Waals surface area contributed by atoms with Crippen molar-refractivity contribution in [2.24, 2.45) is 10.1 Å². The van der Waals surface area contributed by atoms with Crippen LogP contribution in [-0.4, -0.2) is 28.8 Å². The molecule has 10 heavy (non-hydrogen) atoms. The van der Waals surface area contributed by atoms with Crippen LogP contribution in [0, 0.1) is 0 Å². The van der Waals surface area contributed by atoms with Gasteiger partial charge < -0.3 is 5.73 Å². The summed E-state index contributed by atoms with van der Waals surface area (Å²) in [6, 6.07) is 0. The minimum absolute atomic E-state index is 0.0886. The van der Waals surface area contributed by atoms with Crippen molar-refractivity contribution in [1.29, 1.82) is 0 Å². The van der Waals surface area contributed by atoms with Crippen molar-refractivity contribution in [1.82, 2.24) is 0 Å². The zero-order valence-electron chi connectivity index (χ0n) is 6.46. The quantitative estimate of drug-likeness (QED) is 0.631. The predicted octanol–water partition coefficient (Wildman–Crippen LogP) is 0.205. The van der Waals surface area contributed by atoms with Gasteiger partial charge in [0, 0.05) is 27.8 Å². The summed E-state index contributed by atoms with van der Waals surface area (Å²) in [6.45, 7) is 0.568. The fourth-order valence-electron chi connectivity index (χ4n) is 0.603. The molecule has 2 N–H and O–H groups in total. The Morgan fingerprint density at radius 2 is 2.10 bits per heavy atom. The van der Waals surface area contributed by atoms with E-state index in [-0.39, 0.29) is 5.54 Å². The fraction of sp³-hybridized carbons (Fsp3) is 1.00. The van der Waals surface area contributed by atoms with Crippen LogP contribution in [0.1, 0.15) is 12.8 Å². The van der Waals surface area contributed by atoms with E-state index in [2.05, 4.69) is 4.36 Å². The summed E-state index contributed by atoms with van der Waals surface area (Å²) in [4.78, 5) is 0. The lowest BCUT2D eigenvalue weighted by atomic mass is 10.3. The third-order valence-electron chi connectivity index (χ3n) is 1.58. The molecule has 0 heterocycles. The maximum Gasteiger partial charge on any atom is 0.0664 e. The molecule has 0 aliphatic heterocycles. The third kappa shape index (κ3) is 2.66. The molecule has 0 radical (unpaired) electrons. The van der Waals surface area contributed by atoms with Crippen LogP contribution in [0.5, 0.6) is 0 Å². The van der Waals surface area contributed by atoms with E-state index in [0.717, 1.165) is 12.8 Å². The minimum Gasteiger partial charge on any atom is -0.324 e. The van der Waals surface area contributed by atoms with Crippen LogP contribution in [-0.2, 0) is 9.73 Å². The van der Waals surface area contributed by atoms with E-state index in [1.54, 1.807) is 12.5 Å². The van der Waals surface area contributed by atoms with E-state index < -0.39 is 9.73 Å². The summed E-state index contributed by atoms with van der Waals surface area (Å²) < 4.78 is 15.0. The van der Waals surface area contributed by atoms with Crippen LogP contribution >= 0.6 is 0 Å². The molecule has 0 aromatic rings. The highest BCUT2D eigenvalue weighted by molar-refractivity contribution is 7.92. The standard InChI is InChI=1S/C6H14N2OS/c1-10(2,9)8-5-6(7)3-4-6/h3-5,7H2,1-2H3. The lowest BCUT2D eigenvalue weighted by molar-refractivity contribution is 0.665. The summed E-state index contributed by atoms with van der Waals surface area (Å²) in [6.07, 6.45) is 5.34. The van der Waals surface area contributed by atoms with Crippen molar-refractivity contribution in [2.75, 3.05) is 19.1 Å². The van der Waals surface area contributed by atoms with Gasteiger partial charge in [0.2, 0.25) is 0 Å². The Labute approximate surface area is 62.2 Å². The molecule has 1 saturated carbocycles. The summed E-state index contributed by atoms with van der Waals surface area (Å²) in [7, 11) is -1.92. The Hall–Kier alpha value is -0.0900. The molecule has 0 bridgehead atoms. The molecule has 4 heteroatoms. The minimum atomic E-state index is -1.92. The highest BCUT2D eigenvalue weighted by atomic mass is 32.2. The highest BCUT2D eigenvalue weighted by Crippen LogP contribution is 2.32. The van der Waals surface area contributed by atoms with E-state index in [1.807, 2.05) is 0 Å². The summed E-state index contributed by atoms with van der Waals surface area (Å²) >= 11 is 0. The smallest absolute Gasteiger partial charge is 0.0664 e. The van der Waals surface area contributed by atoms with Crippen molar-refractivity contribution in [3.8, 4) is 0 Å². The molecule has 0 saturated heterocycles. The molecule has 0 spiro atoms. The molecule has 1 aliphatic rings. The van der Waals surface area contributed by atoms with Gasteiger partial charge in [-0.2, -0.15) is 0 Å². The summed E-state index contributed by atoms with van der Waals surface area (Å²) in [5.41, 5.74) is 5.65. The molecule has 1 aliphatic carbocycles. The zero-order valence-corrected chi connectivity index (χ0v) is 7.28. The van der Waals surface area contributed by atoms with Gasteiger partial charge in [-0.1, -0.05) is 0 Å². The van der Waals surface area contributed by atoms with Crippen molar-refractivity contribution >= 4 is 9.73 Å². The van der Waals surface area contributed by atoms with Gasteiger partial charge in [0.05, 0.1) is 6.54 Å². The van der Waals surface area contributed by atoms with Gasteiger partial charge in [-0.15, -0.1) is 0 Å². The first-order valence-corrected chi connectivity index (χ1v) is 5.66. The van der Waals surface area contributed by atoms with Gasteiger partial charge in [0.25, 0.3) is 0 Å². The second-order valence-corrected chi connectivity index (χ2v) is 5.95. The van der Waals surface area contributed by atoms with Gasteiger partial charge in [-0.3, -0.25) is 4.21 Å². The molecule has 1 fully saturated rings. The van der Waals surface area contributed by atoms with E-state index in [9.17, 15) is 4.21 Å². The fourth-order valence-corrected chi connectivity index (χ4v) is 1.17. The zero-order chi connectivity index (χ0) is 7.83. The molecular weight excluding hydrogens is 148 g/mol. The normalized spacial score (nSPS) is 22.3. The van der Waals surface area contributed by atoms with E-state index >= 15 is 0 Å². The van der Waals surface area contributed by atoms with Crippen molar-refractivity contribution in [3.63, 3.8) is 0 Å². The lowest BCUT2D eigenvalue weighted by Crippen LogP contribution is -2.25. The molecule has 60 valence electrons. The van der Waals surface area contributed by atoms with Gasteiger partial charge in [0.1, 0.15) is 0 Å². The molecular formula is C6H14N2OS. The Balaban J connectivity index is 2.50. The number of hydrogen-bond acceptors (Lipinski definition) is 3. The lowest BCUT2D eigenvalue weighted by Gasteiger charge is -2.03. The maximum atomic E-state index is 11.0. The number of hydrogen-bond donors (Lipinski definition) is 1. The summed E-state index contributed by atoms with van der Waals surface area (Å²) in [5, 5.41) is 0. The molecule has 3 nitrogen and oxygen atoms in total. The van der Waals surface area contributed by atoms with Gasteiger partial charge in [-0.25, -0.2) is 4.36 Å². The van der Waals surface area contributed by atoms with Crippen LogP contribution in [0.3, 0.4) is 0 Å². The van der Waals surface area contributed by atoms with Crippen LogP contribution in [0.4, 0.5) is 0 Å². The SMILES string of the molecule is CS(C)(=O)=NCC1(N)CC1. The van der Waals surface area contributed by atoms with E-state index in [0.29, 0.717) is 6.54 Å². The first-order chi connectivity index (χ1) is 4.41. The van der Waals surface area contributed by atoms with E-state index in [4.69, 9.17) is 5.73 Å². The number of rotatable bonds is 2. The first kappa shape index (κ1) is 8.01. The molecule has 0 aromatic carbocycles. The molecule has 0 amide bonds. The Bertz CT molecular complexity index is 228. The van der Waals surface area contributed by atoms with Crippen molar-refractivity contribution in [2.45, 2.75) is 18.4 Å². The number of nitrogens with two attached hydrogens (primary N) is 1. The monoisotopic (exact) mass is 162 g/mol. The molecule has 0 unspecified atom stereocenters. The third-order valence-corrected chi connectivity index (χ3v) is 2.33. The van der Waals surface area contributed by atoms with Gasteiger partial charge >= 0.3 is 0 Å². The average molecular weight is 162 g/mol. The maximum absolute atomic E-state index is 11.0. The predicted molar refractivity (Wildman–Crippen MR) is 43.4 cm³/mol. The number of nitrogens with zero attached hydrogens (tertiary/aromatic N) is 1. The van der Waals surface area contributed by atoms with Crippen LogP contribution in [0.2, 0.25) is 0 Å².